The van der Waals surface area contributed by atoms with Gasteiger partial charge in [-0.25, -0.2) is 9.97 Å². The number of pyridine rings is 1. The molecule has 0 unspecified atom stereocenters. The summed E-state index contributed by atoms with van der Waals surface area (Å²) in [6.07, 6.45) is 5.75. The van der Waals surface area contributed by atoms with E-state index in [4.69, 9.17) is 15.5 Å². The first-order chi connectivity index (χ1) is 14.3. The predicted molar refractivity (Wildman–Crippen MR) is 116 cm³/mol. The normalized spacial score (nSPS) is 15.2. The van der Waals surface area contributed by atoms with Crippen molar-refractivity contribution in [3.05, 3.63) is 48.9 Å². The number of ether oxygens (including phenoxy) is 1. The van der Waals surface area contributed by atoms with E-state index in [2.05, 4.69) is 33.3 Å². The van der Waals surface area contributed by atoms with Gasteiger partial charge < -0.3 is 10.5 Å². The number of rotatable bonds is 5. The zero-order chi connectivity index (χ0) is 19.6. The molecule has 0 saturated carbocycles. The number of benzene rings is 1. The van der Waals surface area contributed by atoms with E-state index in [-0.39, 0.29) is 0 Å². The van der Waals surface area contributed by atoms with Gasteiger partial charge in [-0.3, -0.25) is 9.58 Å². The first-order valence-electron chi connectivity index (χ1n) is 9.71. The lowest BCUT2D eigenvalue weighted by molar-refractivity contribution is 0.0360. The maximum absolute atomic E-state index is 6.18. The fraction of sp³-hybridized carbons (Fsp3) is 0.286. The Labute approximate surface area is 172 Å². The van der Waals surface area contributed by atoms with Gasteiger partial charge in [0.2, 0.25) is 0 Å². The van der Waals surface area contributed by atoms with Gasteiger partial charge in [0.1, 0.15) is 10.8 Å². The lowest BCUT2D eigenvalue weighted by Gasteiger charge is -2.26. The van der Waals surface area contributed by atoms with Gasteiger partial charge in [-0.15, -0.1) is 11.3 Å². The Morgan fingerprint density at radius 1 is 1.07 bits per heavy atom. The summed E-state index contributed by atoms with van der Waals surface area (Å²) in [6, 6.07) is 10.2. The molecule has 0 radical (unpaired) electrons. The fourth-order valence-electron chi connectivity index (χ4n) is 3.50. The Morgan fingerprint density at radius 3 is 2.79 bits per heavy atom. The fourth-order valence-corrected chi connectivity index (χ4v) is 4.49. The zero-order valence-corrected chi connectivity index (χ0v) is 16.8. The smallest absolute Gasteiger partial charge is 0.133 e. The van der Waals surface area contributed by atoms with Gasteiger partial charge in [0.15, 0.2) is 0 Å². The lowest BCUT2D eigenvalue weighted by atomic mass is 10.1. The van der Waals surface area contributed by atoms with Crippen LogP contribution >= 0.6 is 11.3 Å². The highest BCUT2D eigenvalue weighted by atomic mass is 32.1. The Hall–Kier alpha value is -2.81. The van der Waals surface area contributed by atoms with Crippen LogP contribution in [0.3, 0.4) is 0 Å². The van der Waals surface area contributed by atoms with E-state index < -0.39 is 0 Å². The molecule has 1 fully saturated rings. The summed E-state index contributed by atoms with van der Waals surface area (Å²) in [7, 11) is 0. The second-order valence-corrected chi connectivity index (χ2v) is 8.12. The number of morpholine rings is 1. The van der Waals surface area contributed by atoms with Crippen molar-refractivity contribution < 1.29 is 4.74 Å². The summed E-state index contributed by atoms with van der Waals surface area (Å²) in [4.78, 5) is 11.5. The van der Waals surface area contributed by atoms with Gasteiger partial charge in [0.05, 0.1) is 41.7 Å². The number of fused-ring (bicyclic) bond motifs is 1. The van der Waals surface area contributed by atoms with Crippen LogP contribution in [0.15, 0.2) is 48.9 Å². The highest BCUT2D eigenvalue weighted by Gasteiger charge is 2.14. The van der Waals surface area contributed by atoms with Crippen LogP contribution < -0.4 is 5.73 Å². The second kappa shape index (κ2) is 7.90. The van der Waals surface area contributed by atoms with Crippen LogP contribution in [-0.2, 0) is 11.3 Å². The summed E-state index contributed by atoms with van der Waals surface area (Å²) < 4.78 is 8.53. The average Bonchev–Trinajstić information content (AvgIpc) is 3.40. The van der Waals surface area contributed by atoms with E-state index in [0.717, 1.165) is 71.3 Å². The Bertz CT molecular complexity index is 1100. The van der Waals surface area contributed by atoms with Gasteiger partial charge in [-0.1, -0.05) is 12.1 Å². The number of thiazole rings is 1. The molecule has 1 saturated heterocycles. The van der Waals surface area contributed by atoms with Gasteiger partial charge in [-0.05, 0) is 18.2 Å². The third kappa shape index (κ3) is 3.87. The highest BCUT2D eigenvalue weighted by molar-refractivity contribution is 7.21. The van der Waals surface area contributed by atoms with Gasteiger partial charge in [0, 0.05) is 43.2 Å². The number of nitrogens with two attached hydrogens (primary N) is 1. The Kier molecular flexibility index (Phi) is 4.97. The molecule has 2 N–H and O–H groups in total. The number of aromatic nitrogens is 4. The van der Waals surface area contributed by atoms with Crippen LogP contribution in [0.25, 0.3) is 31.9 Å². The zero-order valence-electron chi connectivity index (χ0n) is 16.0. The summed E-state index contributed by atoms with van der Waals surface area (Å²) in [6.45, 7) is 5.43. The van der Waals surface area contributed by atoms with Crippen molar-refractivity contribution in [2.45, 2.75) is 6.54 Å². The summed E-state index contributed by atoms with van der Waals surface area (Å²) in [5, 5.41) is 5.41. The molecule has 7 nitrogen and oxygen atoms in total. The molecule has 0 atom stereocenters. The van der Waals surface area contributed by atoms with Crippen LogP contribution in [-0.4, -0.2) is 57.5 Å². The number of nitrogen functional groups attached to an aromatic ring is 1. The molecule has 0 aliphatic carbocycles. The van der Waals surface area contributed by atoms with E-state index in [1.165, 1.54) is 0 Å². The number of anilines is 1. The van der Waals surface area contributed by atoms with Crippen molar-refractivity contribution in [3.8, 4) is 21.7 Å². The third-order valence-electron chi connectivity index (χ3n) is 5.16. The molecule has 4 aromatic rings. The van der Waals surface area contributed by atoms with E-state index in [1.54, 1.807) is 17.5 Å². The van der Waals surface area contributed by atoms with Crippen molar-refractivity contribution >= 4 is 27.4 Å². The first-order valence-corrected chi connectivity index (χ1v) is 10.5. The molecule has 3 aromatic heterocycles. The summed E-state index contributed by atoms with van der Waals surface area (Å²) in [5.74, 6) is 0.493. The monoisotopic (exact) mass is 406 g/mol. The molecule has 0 bridgehead atoms. The van der Waals surface area contributed by atoms with Crippen LogP contribution in [0.4, 0.5) is 5.82 Å². The molecule has 1 aliphatic heterocycles. The molecule has 8 heteroatoms. The molecule has 1 aliphatic rings. The first kappa shape index (κ1) is 18.2. The molecule has 29 heavy (non-hydrogen) atoms. The largest absolute Gasteiger partial charge is 0.383 e. The van der Waals surface area contributed by atoms with Gasteiger partial charge in [0.25, 0.3) is 0 Å². The molecular formula is C21H22N6OS. The minimum Gasteiger partial charge on any atom is -0.383 e. The lowest BCUT2D eigenvalue weighted by Crippen LogP contribution is -2.38. The summed E-state index contributed by atoms with van der Waals surface area (Å²) in [5.41, 5.74) is 10.0. The molecule has 148 valence electrons. The maximum atomic E-state index is 6.18. The van der Waals surface area contributed by atoms with Crippen molar-refractivity contribution in [2.24, 2.45) is 0 Å². The quantitative estimate of drug-likeness (QED) is 0.548. The Balaban J connectivity index is 1.37. The SMILES string of the molecule is Nc1ncc(-c2cnn(CCN3CCOCC3)c2)cc1-c1nc2ccccc2s1. The molecule has 1 aromatic carbocycles. The molecule has 0 amide bonds. The average molecular weight is 407 g/mol. The van der Waals surface area contributed by atoms with E-state index in [0.29, 0.717) is 5.82 Å². The van der Waals surface area contributed by atoms with E-state index in [1.807, 2.05) is 29.1 Å². The topological polar surface area (TPSA) is 82.1 Å². The van der Waals surface area contributed by atoms with Crippen molar-refractivity contribution in [2.75, 3.05) is 38.6 Å². The molecular weight excluding hydrogens is 384 g/mol. The minimum absolute atomic E-state index is 0.493. The summed E-state index contributed by atoms with van der Waals surface area (Å²) >= 11 is 1.63. The van der Waals surface area contributed by atoms with Crippen LogP contribution in [0, 0.1) is 0 Å². The number of para-hydroxylation sites is 1. The van der Waals surface area contributed by atoms with Crippen LogP contribution in [0.2, 0.25) is 0 Å². The second-order valence-electron chi connectivity index (χ2n) is 7.09. The number of nitrogens with zero attached hydrogens (tertiary/aromatic N) is 5. The van der Waals surface area contributed by atoms with Gasteiger partial charge in [-0.2, -0.15) is 5.10 Å². The van der Waals surface area contributed by atoms with Gasteiger partial charge >= 0.3 is 0 Å². The maximum Gasteiger partial charge on any atom is 0.133 e. The van der Waals surface area contributed by atoms with Crippen molar-refractivity contribution in [1.82, 2.24) is 24.6 Å². The Morgan fingerprint density at radius 2 is 1.93 bits per heavy atom. The van der Waals surface area contributed by atoms with Crippen molar-refractivity contribution in [1.29, 1.82) is 0 Å². The van der Waals surface area contributed by atoms with Crippen LogP contribution in [0.1, 0.15) is 0 Å². The number of hydrogen-bond donors (Lipinski definition) is 1. The molecule has 4 heterocycles. The van der Waals surface area contributed by atoms with Crippen LogP contribution in [0.5, 0.6) is 0 Å². The minimum atomic E-state index is 0.493. The molecule has 5 rings (SSSR count). The standard InChI is InChI=1S/C21H22N6OS/c22-20-17(21-25-18-3-1-2-4-19(18)29-21)11-15(12-23-20)16-13-24-27(14-16)6-5-26-7-9-28-10-8-26/h1-4,11-14H,5-10H2,(H2,22,23). The predicted octanol–water partition coefficient (Wildman–Crippen LogP) is 3.14. The van der Waals surface area contributed by atoms with E-state index in [9.17, 15) is 0 Å². The van der Waals surface area contributed by atoms with Crippen molar-refractivity contribution in [3.63, 3.8) is 0 Å². The number of hydrogen-bond acceptors (Lipinski definition) is 7. The molecule has 0 spiro atoms. The van der Waals surface area contributed by atoms with E-state index >= 15 is 0 Å². The third-order valence-corrected chi connectivity index (χ3v) is 6.23. The highest BCUT2D eigenvalue weighted by Crippen LogP contribution is 2.34.